The Labute approximate surface area is 128 Å². The van der Waals surface area contributed by atoms with E-state index in [2.05, 4.69) is 0 Å². The number of nitrogens with zero attached hydrogens (tertiary/aromatic N) is 1. The zero-order valence-electron chi connectivity index (χ0n) is 11.0. The molecule has 0 atom stereocenters. The van der Waals surface area contributed by atoms with E-state index in [1.807, 2.05) is 0 Å². The minimum Gasteiger partial charge on any atom is -0.339 e. The average molecular weight is 336 g/mol. The van der Waals surface area contributed by atoms with Crippen molar-refractivity contribution in [2.45, 2.75) is 31.1 Å². The summed E-state index contributed by atoms with van der Waals surface area (Å²) in [4.78, 5) is 14.1. The van der Waals surface area contributed by atoms with Crippen LogP contribution in [0.5, 0.6) is 0 Å². The number of carbonyl (C=O) groups is 1. The Morgan fingerprint density at radius 1 is 1.20 bits per heavy atom. The maximum Gasteiger partial charge on any atom is 0.261 e. The van der Waals surface area contributed by atoms with Crippen LogP contribution in [0, 0.1) is 6.92 Å². The number of piperidine rings is 1. The second kappa shape index (κ2) is 5.92. The van der Waals surface area contributed by atoms with E-state index < -0.39 is 9.05 Å². The van der Waals surface area contributed by atoms with Crippen LogP contribution >= 0.6 is 22.3 Å². The van der Waals surface area contributed by atoms with Gasteiger partial charge in [0.05, 0.1) is 4.90 Å². The zero-order chi connectivity index (χ0) is 14.9. The largest absolute Gasteiger partial charge is 0.339 e. The van der Waals surface area contributed by atoms with Crippen molar-refractivity contribution in [1.82, 2.24) is 4.90 Å². The van der Waals surface area contributed by atoms with Gasteiger partial charge in [0.15, 0.2) is 0 Å². The monoisotopic (exact) mass is 335 g/mol. The van der Waals surface area contributed by atoms with Crippen molar-refractivity contribution in [2.24, 2.45) is 0 Å². The Morgan fingerprint density at radius 2 is 1.80 bits per heavy atom. The van der Waals surface area contributed by atoms with E-state index in [4.69, 9.17) is 22.3 Å². The Morgan fingerprint density at radius 3 is 2.35 bits per heavy atom. The van der Waals surface area contributed by atoms with Gasteiger partial charge in [0.25, 0.3) is 15.0 Å². The minimum atomic E-state index is -3.93. The third-order valence-corrected chi connectivity index (χ3v) is 5.13. The summed E-state index contributed by atoms with van der Waals surface area (Å²) < 4.78 is 23.1. The highest BCUT2D eigenvalue weighted by Gasteiger charge is 2.24. The van der Waals surface area contributed by atoms with Gasteiger partial charge in [-0.1, -0.05) is 11.6 Å². The zero-order valence-corrected chi connectivity index (χ0v) is 13.4. The van der Waals surface area contributed by atoms with Gasteiger partial charge in [-0.25, -0.2) is 8.42 Å². The number of benzene rings is 1. The van der Waals surface area contributed by atoms with E-state index in [9.17, 15) is 13.2 Å². The van der Waals surface area contributed by atoms with Gasteiger partial charge in [-0.2, -0.15) is 0 Å². The molecule has 0 radical (unpaired) electrons. The summed E-state index contributed by atoms with van der Waals surface area (Å²) >= 11 is 5.92. The predicted molar refractivity (Wildman–Crippen MR) is 79.0 cm³/mol. The molecule has 1 aromatic carbocycles. The Balaban J connectivity index is 2.46. The van der Waals surface area contributed by atoms with Crippen molar-refractivity contribution in [3.8, 4) is 0 Å². The number of rotatable bonds is 2. The summed E-state index contributed by atoms with van der Waals surface area (Å²) in [7, 11) is 1.46. The predicted octanol–water partition coefficient (Wildman–Crippen LogP) is 3.20. The fraction of sp³-hybridized carbons (Fsp3) is 0.462. The van der Waals surface area contributed by atoms with Crippen LogP contribution in [0.2, 0.25) is 5.02 Å². The van der Waals surface area contributed by atoms with Crippen LogP contribution in [0.3, 0.4) is 0 Å². The standard InChI is InChI=1S/C13H15Cl2NO3S/c1-9-11(13(17)16-5-3-2-4-6-16)7-10(14)8-12(9)20(15,18)19/h7-8H,2-6H2,1H3. The summed E-state index contributed by atoms with van der Waals surface area (Å²) in [6.45, 7) is 2.95. The third kappa shape index (κ3) is 3.27. The fourth-order valence-electron chi connectivity index (χ4n) is 2.40. The maximum atomic E-state index is 12.5. The van der Waals surface area contributed by atoms with E-state index >= 15 is 0 Å². The number of halogens is 2. The average Bonchev–Trinajstić information content (AvgIpc) is 2.40. The lowest BCUT2D eigenvalue weighted by molar-refractivity contribution is 0.0723. The molecule has 0 unspecified atom stereocenters. The van der Waals surface area contributed by atoms with Crippen LogP contribution in [0.15, 0.2) is 17.0 Å². The van der Waals surface area contributed by atoms with E-state index in [-0.39, 0.29) is 15.8 Å². The molecule has 1 fully saturated rings. The second-order valence-electron chi connectivity index (χ2n) is 4.87. The Bertz CT molecular complexity index is 637. The first-order valence-corrected chi connectivity index (χ1v) is 9.03. The van der Waals surface area contributed by atoms with Gasteiger partial charge >= 0.3 is 0 Å². The lowest BCUT2D eigenvalue weighted by Gasteiger charge is -2.27. The molecule has 1 heterocycles. The SMILES string of the molecule is Cc1c(C(=O)N2CCCCC2)cc(Cl)cc1S(=O)(=O)Cl. The lowest BCUT2D eigenvalue weighted by atomic mass is 10.1. The number of hydrogen-bond acceptors (Lipinski definition) is 3. The molecule has 0 bridgehead atoms. The van der Waals surface area contributed by atoms with Gasteiger partial charge in [0.2, 0.25) is 0 Å². The summed E-state index contributed by atoms with van der Waals surface area (Å²) in [5.74, 6) is -0.189. The molecule has 2 rings (SSSR count). The topological polar surface area (TPSA) is 54.5 Å². The second-order valence-corrected chi connectivity index (χ2v) is 7.84. The number of carbonyl (C=O) groups excluding carboxylic acids is 1. The van der Waals surface area contributed by atoms with Gasteiger partial charge in [0.1, 0.15) is 0 Å². The highest BCUT2D eigenvalue weighted by atomic mass is 35.7. The van der Waals surface area contributed by atoms with Crippen LogP contribution in [0.4, 0.5) is 0 Å². The molecule has 0 aliphatic carbocycles. The first-order chi connectivity index (χ1) is 9.30. The molecule has 1 aromatic rings. The van der Waals surface area contributed by atoms with Crippen molar-refractivity contribution < 1.29 is 13.2 Å². The van der Waals surface area contributed by atoms with Gasteiger partial charge in [-0.3, -0.25) is 4.79 Å². The molecule has 1 saturated heterocycles. The van der Waals surface area contributed by atoms with Crippen LogP contribution < -0.4 is 0 Å². The molecule has 7 heteroatoms. The smallest absolute Gasteiger partial charge is 0.261 e. The highest BCUT2D eigenvalue weighted by molar-refractivity contribution is 8.13. The molecule has 0 saturated carbocycles. The van der Waals surface area contributed by atoms with E-state index in [0.29, 0.717) is 24.2 Å². The van der Waals surface area contributed by atoms with Gasteiger partial charge < -0.3 is 4.90 Å². The molecule has 110 valence electrons. The van der Waals surface area contributed by atoms with E-state index in [1.54, 1.807) is 11.8 Å². The van der Waals surface area contributed by atoms with Crippen molar-refractivity contribution in [3.05, 3.63) is 28.3 Å². The maximum absolute atomic E-state index is 12.5. The fourth-order valence-corrected chi connectivity index (χ4v) is 3.90. The molecule has 1 amide bonds. The van der Waals surface area contributed by atoms with Gasteiger partial charge in [-0.15, -0.1) is 0 Å². The van der Waals surface area contributed by atoms with Gasteiger partial charge in [0, 0.05) is 34.4 Å². The number of hydrogen-bond donors (Lipinski definition) is 0. The molecule has 0 aromatic heterocycles. The summed E-state index contributed by atoms with van der Waals surface area (Å²) in [6.07, 6.45) is 3.04. The Kier molecular flexibility index (Phi) is 4.62. The molecule has 4 nitrogen and oxygen atoms in total. The van der Waals surface area contributed by atoms with Crippen molar-refractivity contribution in [2.75, 3.05) is 13.1 Å². The van der Waals surface area contributed by atoms with Crippen LogP contribution in [-0.2, 0) is 9.05 Å². The molecule has 0 N–H and O–H groups in total. The Hall–Kier alpha value is -0.780. The van der Waals surface area contributed by atoms with Crippen molar-refractivity contribution >= 4 is 37.2 Å². The lowest BCUT2D eigenvalue weighted by Crippen LogP contribution is -2.36. The quantitative estimate of drug-likeness (QED) is 0.780. The number of amides is 1. The van der Waals surface area contributed by atoms with Crippen molar-refractivity contribution in [1.29, 1.82) is 0 Å². The number of likely N-dealkylation sites (tertiary alicyclic amines) is 1. The molecular formula is C13H15Cl2NO3S. The molecule has 1 aliphatic heterocycles. The molecule has 20 heavy (non-hydrogen) atoms. The van der Waals surface area contributed by atoms with Crippen molar-refractivity contribution in [3.63, 3.8) is 0 Å². The summed E-state index contributed by atoms with van der Waals surface area (Å²) in [6, 6.07) is 2.77. The first kappa shape index (κ1) is 15.6. The minimum absolute atomic E-state index is 0.105. The van der Waals surface area contributed by atoms with E-state index in [0.717, 1.165) is 19.3 Å². The van der Waals surface area contributed by atoms with Crippen LogP contribution in [0.25, 0.3) is 0 Å². The molecular weight excluding hydrogens is 321 g/mol. The van der Waals surface area contributed by atoms with Crippen LogP contribution in [-0.4, -0.2) is 32.3 Å². The molecule has 1 aliphatic rings. The summed E-state index contributed by atoms with van der Waals surface area (Å²) in [5, 5.41) is 0.190. The first-order valence-electron chi connectivity index (χ1n) is 6.35. The van der Waals surface area contributed by atoms with Crippen LogP contribution in [0.1, 0.15) is 35.2 Å². The van der Waals surface area contributed by atoms with Gasteiger partial charge in [-0.05, 0) is 43.9 Å². The normalized spacial score (nSPS) is 16.2. The molecule has 0 spiro atoms. The summed E-state index contributed by atoms with van der Waals surface area (Å²) in [5.41, 5.74) is 0.651. The highest BCUT2D eigenvalue weighted by Crippen LogP contribution is 2.28. The third-order valence-electron chi connectivity index (χ3n) is 3.46. The van der Waals surface area contributed by atoms with E-state index in [1.165, 1.54) is 12.1 Å².